The van der Waals surface area contributed by atoms with Crippen molar-refractivity contribution in [3.63, 3.8) is 0 Å². The number of carbonyl (C=O) groups excluding carboxylic acids is 1. The fraction of sp³-hybridized carbons (Fsp3) is 0.100. The Balaban J connectivity index is 2.39. The third-order valence-electron chi connectivity index (χ3n) is 2.21. The van der Waals surface area contributed by atoms with E-state index in [9.17, 15) is 22.4 Å². The van der Waals surface area contributed by atoms with Gasteiger partial charge in [-0.3, -0.25) is 4.79 Å². The normalized spacial score (nSPS) is 11.4. The second-order valence-electron chi connectivity index (χ2n) is 3.51. The van der Waals surface area contributed by atoms with Gasteiger partial charge in [-0.25, -0.2) is 4.39 Å². The van der Waals surface area contributed by atoms with Gasteiger partial charge < -0.3 is 4.52 Å². The van der Waals surface area contributed by atoms with E-state index in [1.165, 1.54) is 0 Å². The van der Waals surface area contributed by atoms with Crippen LogP contribution in [0.5, 0.6) is 0 Å². The number of carbonyl (C=O) groups is 1. The molecular formula is C10H3F4N3O2S. The highest BCUT2D eigenvalue weighted by molar-refractivity contribution is 7.47. The molecule has 0 aliphatic rings. The van der Waals surface area contributed by atoms with Gasteiger partial charge in [-0.15, -0.1) is 4.36 Å². The van der Waals surface area contributed by atoms with E-state index in [0.29, 0.717) is 0 Å². The summed E-state index contributed by atoms with van der Waals surface area (Å²) in [5.41, 5.74) is -0.481. The molecule has 0 aliphatic carbocycles. The number of aromatic nitrogens is 2. The van der Waals surface area contributed by atoms with Crippen LogP contribution in [-0.4, -0.2) is 16.0 Å². The van der Waals surface area contributed by atoms with Gasteiger partial charge in [0.1, 0.15) is 5.82 Å². The van der Waals surface area contributed by atoms with Crippen molar-refractivity contribution < 1.29 is 26.9 Å². The van der Waals surface area contributed by atoms with Crippen LogP contribution in [-0.2, 0) is 18.6 Å². The van der Waals surface area contributed by atoms with E-state index >= 15 is 0 Å². The number of hydrogen-bond acceptors (Lipinski definition) is 5. The second-order valence-corrected chi connectivity index (χ2v) is 3.69. The monoisotopic (exact) mass is 305 g/mol. The molecule has 0 atom stereocenters. The van der Waals surface area contributed by atoms with Gasteiger partial charge in [0.25, 0.3) is 5.91 Å². The van der Waals surface area contributed by atoms with E-state index in [1.807, 2.05) is 0 Å². The molecule has 0 spiro atoms. The van der Waals surface area contributed by atoms with Crippen molar-refractivity contribution >= 4 is 18.3 Å². The molecule has 0 bridgehead atoms. The second kappa shape index (κ2) is 5.04. The van der Waals surface area contributed by atoms with E-state index < -0.39 is 35.2 Å². The Morgan fingerprint density at radius 2 is 2.05 bits per heavy atom. The third kappa shape index (κ3) is 2.69. The summed E-state index contributed by atoms with van der Waals surface area (Å²) >= 11 is 4.13. The van der Waals surface area contributed by atoms with Crippen LogP contribution in [0.2, 0.25) is 0 Å². The molecule has 1 heterocycles. The van der Waals surface area contributed by atoms with Gasteiger partial charge in [-0.1, -0.05) is 11.2 Å². The molecule has 10 heteroatoms. The molecule has 0 unspecified atom stereocenters. The number of halogens is 4. The summed E-state index contributed by atoms with van der Waals surface area (Å²) in [6, 6.07) is 2.97. The van der Waals surface area contributed by atoms with Crippen LogP contribution in [0.3, 0.4) is 0 Å². The SMILES string of the molecule is O=C(N=S)c1ccc(-c2noc(C(F)(F)F)n2)cc1F. The zero-order valence-corrected chi connectivity index (χ0v) is 10.1. The molecular weight excluding hydrogens is 302 g/mol. The average molecular weight is 305 g/mol. The summed E-state index contributed by atoms with van der Waals surface area (Å²) in [7, 11) is 0. The van der Waals surface area contributed by atoms with Gasteiger partial charge >= 0.3 is 12.1 Å². The van der Waals surface area contributed by atoms with Crippen LogP contribution in [0.1, 0.15) is 16.2 Å². The van der Waals surface area contributed by atoms with Crippen LogP contribution in [0.4, 0.5) is 17.6 Å². The Kier molecular flexibility index (Phi) is 3.57. The molecule has 0 fully saturated rings. The molecule has 2 rings (SSSR count). The Morgan fingerprint density at radius 3 is 2.55 bits per heavy atom. The maximum absolute atomic E-state index is 13.6. The van der Waals surface area contributed by atoms with Crippen molar-refractivity contribution in [3.8, 4) is 11.4 Å². The summed E-state index contributed by atoms with van der Waals surface area (Å²) in [6.07, 6.45) is -4.79. The van der Waals surface area contributed by atoms with Gasteiger partial charge in [0.2, 0.25) is 5.82 Å². The van der Waals surface area contributed by atoms with Crippen LogP contribution in [0.25, 0.3) is 11.4 Å². The minimum absolute atomic E-state index is 0.0809. The molecule has 0 N–H and O–H groups in total. The van der Waals surface area contributed by atoms with Gasteiger partial charge in [0.15, 0.2) is 0 Å². The molecule has 2 aromatic rings. The summed E-state index contributed by atoms with van der Waals surface area (Å²) in [6.45, 7) is 0. The lowest BCUT2D eigenvalue weighted by Crippen LogP contribution is -2.05. The number of nitrogens with zero attached hydrogens (tertiary/aromatic N) is 3. The highest BCUT2D eigenvalue weighted by Gasteiger charge is 2.38. The molecule has 0 radical (unpaired) electrons. The van der Waals surface area contributed by atoms with Gasteiger partial charge in [0.05, 0.1) is 5.56 Å². The number of amides is 1. The lowest BCUT2D eigenvalue weighted by atomic mass is 10.1. The summed E-state index contributed by atoms with van der Waals surface area (Å²) in [5, 5.41) is 3.09. The number of benzene rings is 1. The third-order valence-corrected chi connectivity index (χ3v) is 2.37. The zero-order chi connectivity index (χ0) is 14.9. The lowest BCUT2D eigenvalue weighted by molar-refractivity contribution is -0.159. The standard InChI is InChI=1S/C10H3F4N3O2S/c11-6-3-4(1-2-5(6)8(18)17-20)7-15-9(19-16-7)10(12,13)14/h1-3H. The smallest absolute Gasteiger partial charge is 0.329 e. The van der Waals surface area contributed by atoms with E-state index in [4.69, 9.17) is 0 Å². The topological polar surface area (TPSA) is 68.3 Å². The van der Waals surface area contributed by atoms with E-state index in [1.54, 1.807) is 0 Å². The summed E-state index contributed by atoms with van der Waals surface area (Å²) in [4.78, 5) is 14.2. The van der Waals surface area contributed by atoms with Crippen molar-refractivity contribution in [2.45, 2.75) is 6.18 Å². The molecule has 104 valence electrons. The maximum atomic E-state index is 13.6. The predicted octanol–water partition coefficient (Wildman–Crippen LogP) is 2.77. The number of rotatable bonds is 2. The van der Waals surface area contributed by atoms with E-state index in [2.05, 4.69) is 31.5 Å². The van der Waals surface area contributed by atoms with Crippen LogP contribution < -0.4 is 0 Å². The molecule has 20 heavy (non-hydrogen) atoms. The maximum Gasteiger partial charge on any atom is 0.471 e. The highest BCUT2D eigenvalue weighted by atomic mass is 32.1. The Labute approximate surface area is 113 Å². The highest BCUT2D eigenvalue weighted by Crippen LogP contribution is 2.29. The lowest BCUT2D eigenvalue weighted by Gasteiger charge is -1.99. The first-order valence-electron chi connectivity index (χ1n) is 4.91. The average Bonchev–Trinajstić information content (AvgIpc) is 2.87. The Bertz CT molecular complexity index is 683. The van der Waals surface area contributed by atoms with E-state index in [-0.39, 0.29) is 5.56 Å². The van der Waals surface area contributed by atoms with Crippen molar-refractivity contribution in [1.82, 2.24) is 10.1 Å². The van der Waals surface area contributed by atoms with Gasteiger partial charge in [0, 0.05) is 18.0 Å². The molecule has 1 amide bonds. The van der Waals surface area contributed by atoms with Gasteiger partial charge in [-0.05, 0) is 12.1 Å². The van der Waals surface area contributed by atoms with Crippen LogP contribution in [0.15, 0.2) is 27.1 Å². The van der Waals surface area contributed by atoms with Crippen molar-refractivity contribution in [1.29, 1.82) is 0 Å². The van der Waals surface area contributed by atoms with Crippen LogP contribution >= 0.6 is 0 Å². The van der Waals surface area contributed by atoms with Gasteiger partial charge in [-0.2, -0.15) is 18.2 Å². The largest absolute Gasteiger partial charge is 0.471 e. The van der Waals surface area contributed by atoms with Crippen molar-refractivity contribution in [3.05, 3.63) is 35.5 Å². The minimum Gasteiger partial charge on any atom is -0.329 e. The molecule has 0 aliphatic heterocycles. The first-order chi connectivity index (χ1) is 9.32. The minimum atomic E-state index is -4.79. The van der Waals surface area contributed by atoms with Crippen LogP contribution in [0, 0.1) is 5.82 Å². The fourth-order valence-corrected chi connectivity index (χ4v) is 1.43. The number of hydrogen-bond donors (Lipinski definition) is 0. The van der Waals surface area contributed by atoms with Crippen molar-refractivity contribution in [2.75, 3.05) is 0 Å². The van der Waals surface area contributed by atoms with Crippen molar-refractivity contribution in [2.24, 2.45) is 4.36 Å². The summed E-state index contributed by atoms with van der Waals surface area (Å²) < 4.78 is 57.3. The Hall–Kier alpha value is -2.23. The molecule has 0 saturated carbocycles. The first kappa shape index (κ1) is 14.2. The fourth-order valence-electron chi connectivity index (χ4n) is 1.33. The zero-order valence-electron chi connectivity index (χ0n) is 9.31. The quantitative estimate of drug-likeness (QED) is 0.798. The number of alkyl halides is 3. The first-order valence-corrected chi connectivity index (χ1v) is 5.28. The summed E-state index contributed by atoms with van der Waals surface area (Å²) in [5.74, 6) is -3.97. The molecule has 0 saturated heterocycles. The Morgan fingerprint density at radius 1 is 1.35 bits per heavy atom. The molecule has 1 aromatic carbocycles. The molecule has 1 aromatic heterocycles. The molecule has 5 nitrogen and oxygen atoms in total. The van der Waals surface area contributed by atoms with E-state index in [0.717, 1.165) is 18.2 Å². The predicted molar refractivity (Wildman–Crippen MR) is 58.8 cm³/mol.